The van der Waals surface area contributed by atoms with Crippen molar-refractivity contribution in [2.45, 2.75) is 16.1 Å². The zero-order chi connectivity index (χ0) is 17.5. The van der Waals surface area contributed by atoms with Gasteiger partial charge in [-0.3, -0.25) is 0 Å². The molecule has 7 heteroatoms. The maximum atomic E-state index is 13.2. The van der Waals surface area contributed by atoms with E-state index in [1.165, 1.54) is 48.5 Å². The van der Waals surface area contributed by atoms with E-state index in [0.717, 1.165) is 0 Å². The Morgan fingerprint density at radius 2 is 1.71 bits per heavy atom. The number of hydrogen-bond acceptors (Lipinski definition) is 4. The summed E-state index contributed by atoms with van der Waals surface area (Å²) >= 11 is 5.82. The predicted molar refractivity (Wildman–Crippen MR) is 90.1 cm³/mol. The van der Waals surface area contributed by atoms with Crippen LogP contribution in [0.2, 0.25) is 5.02 Å². The fourth-order valence-corrected chi connectivity index (χ4v) is 5.96. The number of rotatable bonds is 5. The van der Waals surface area contributed by atoms with Gasteiger partial charge in [-0.05, 0) is 42.0 Å². The molecule has 2 aromatic rings. The maximum absolute atomic E-state index is 13.2. The van der Waals surface area contributed by atoms with Crippen LogP contribution >= 0.6 is 11.6 Å². The highest BCUT2D eigenvalue weighted by Gasteiger charge is 2.70. The zero-order valence-corrected chi connectivity index (χ0v) is 14.3. The van der Waals surface area contributed by atoms with Gasteiger partial charge in [0.1, 0.15) is 5.82 Å². The zero-order valence-electron chi connectivity index (χ0n) is 12.7. The third-order valence-electron chi connectivity index (χ3n) is 4.76. The number of halogens is 2. The first-order valence-electron chi connectivity index (χ1n) is 7.42. The van der Waals surface area contributed by atoms with Crippen LogP contribution in [-0.2, 0) is 9.84 Å². The van der Waals surface area contributed by atoms with E-state index >= 15 is 0 Å². The molecule has 3 N–H and O–H groups in total. The van der Waals surface area contributed by atoms with Crippen LogP contribution in [-0.4, -0.2) is 31.9 Å². The van der Waals surface area contributed by atoms with Gasteiger partial charge in [0.05, 0.1) is 16.8 Å². The van der Waals surface area contributed by atoms with Crippen molar-refractivity contribution >= 4 is 21.4 Å². The summed E-state index contributed by atoms with van der Waals surface area (Å²) in [5.41, 5.74) is 5.50. The van der Waals surface area contributed by atoms with Gasteiger partial charge in [-0.2, -0.15) is 0 Å². The van der Waals surface area contributed by atoms with Crippen LogP contribution in [0.1, 0.15) is 11.5 Å². The normalized spacial score (nSPS) is 26.3. The Hall–Kier alpha value is -1.47. The van der Waals surface area contributed by atoms with Crippen LogP contribution in [0.5, 0.6) is 0 Å². The average Bonchev–Trinajstić information content (AvgIpc) is 3.26. The molecule has 24 heavy (non-hydrogen) atoms. The molecule has 0 spiro atoms. The van der Waals surface area contributed by atoms with Crippen molar-refractivity contribution in [2.75, 3.05) is 13.2 Å². The lowest BCUT2D eigenvalue weighted by Crippen LogP contribution is -2.27. The molecule has 0 unspecified atom stereocenters. The van der Waals surface area contributed by atoms with E-state index in [-0.39, 0.29) is 18.0 Å². The minimum Gasteiger partial charge on any atom is -0.396 e. The maximum Gasteiger partial charge on any atom is 0.182 e. The first-order chi connectivity index (χ1) is 11.4. The molecule has 0 radical (unpaired) electrons. The number of aliphatic hydroxyl groups is 1. The number of aliphatic hydroxyl groups excluding tert-OH is 1. The Morgan fingerprint density at radius 3 is 2.21 bits per heavy atom. The Bertz CT molecular complexity index is 833. The second-order valence-electron chi connectivity index (χ2n) is 6.04. The van der Waals surface area contributed by atoms with E-state index in [1.54, 1.807) is 0 Å². The Balaban J connectivity index is 2.04. The van der Waals surface area contributed by atoms with Gasteiger partial charge in [0, 0.05) is 22.9 Å². The van der Waals surface area contributed by atoms with Crippen LogP contribution in [0.4, 0.5) is 4.39 Å². The van der Waals surface area contributed by atoms with E-state index in [1.807, 2.05) is 0 Å². The van der Waals surface area contributed by atoms with Gasteiger partial charge in [-0.1, -0.05) is 23.7 Å². The van der Waals surface area contributed by atoms with Crippen LogP contribution in [0, 0.1) is 11.2 Å². The quantitative estimate of drug-likeness (QED) is 0.847. The molecule has 1 aliphatic carbocycles. The third-order valence-corrected chi connectivity index (χ3v) is 7.35. The molecule has 4 nitrogen and oxygen atoms in total. The number of sulfone groups is 1. The summed E-state index contributed by atoms with van der Waals surface area (Å²) in [7, 11) is -3.71. The number of hydrogen-bond donors (Lipinski definition) is 2. The van der Waals surface area contributed by atoms with Crippen LogP contribution < -0.4 is 5.73 Å². The number of benzene rings is 2. The second-order valence-corrected chi connectivity index (χ2v) is 8.55. The van der Waals surface area contributed by atoms with E-state index in [9.17, 15) is 17.9 Å². The summed E-state index contributed by atoms with van der Waals surface area (Å²) in [5, 5.41) is 9.41. The summed E-state index contributed by atoms with van der Waals surface area (Å²) in [5.74, 6) is -0.882. The third kappa shape index (κ3) is 2.63. The highest BCUT2D eigenvalue weighted by Crippen LogP contribution is 2.63. The average molecular weight is 370 g/mol. The van der Waals surface area contributed by atoms with E-state index < -0.39 is 32.2 Å². The first-order valence-corrected chi connectivity index (χ1v) is 9.35. The fraction of sp³-hybridized carbons (Fsp3) is 0.294. The fourth-order valence-electron chi connectivity index (χ4n) is 3.39. The predicted octanol–water partition coefficient (Wildman–Crippen LogP) is 2.36. The molecule has 1 fully saturated rings. The van der Waals surface area contributed by atoms with Gasteiger partial charge in [0.15, 0.2) is 9.84 Å². The van der Waals surface area contributed by atoms with Crippen molar-refractivity contribution < 1.29 is 17.9 Å². The highest BCUT2D eigenvalue weighted by atomic mass is 35.5. The smallest absolute Gasteiger partial charge is 0.182 e. The summed E-state index contributed by atoms with van der Waals surface area (Å²) in [6, 6.07) is 11.5. The van der Waals surface area contributed by atoms with E-state index in [4.69, 9.17) is 17.3 Å². The van der Waals surface area contributed by atoms with E-state index in [2.05, 4.69) is 0 Å². The molecule has 3 rings (SSSR count). The van der Waals surface area contributed by atoms with Gasteiger partial charge in [0.2, 0.25) is 0 Å². The van der Waals surface area contributed by atoms with Crippen molar-refractivity contribution in [3.8, 4) is 0 Å². The minimum absolute atomic E-state index is 0.0169. The highest BCUT2D eigenvalue weighted by molar-refractivity contribution is 7.92. The monoisotopic (exact) mass is 369 g/mol. The summed E-state index contributed by atoms with van der Waals surface area (Å²) in [6.07, 6.45) is 0. The molecule has 0 bridgehead atoms. The molecule has 0 saturated heterocycles. The first kappa shape index (κ1) is 17.4. The molecular weight excluding hydrogens is 353 g/mol. The van der Waals surface area contributed by atoms with Crippen molar-refractivity contribution in [3.63, 3.8) is 0 Å². The second kappa shape index (κ2) is 6.11. The van der Waals surface area contributed by atoms with Gasteiger partial charge in [-0.25, -0.2) is 12.8 Å². The molecule has 0 aromatic heterocycles. The number of nitrogens with two attached hydrogens (primary N) is 1. The van der Waals surface area contributed by atoms with Crippen LogP contribution in [0.25, 0.3) is 0 Å². The summed E-state index contributed by atoms with van der Waals surface area (Å²) < 4.78 is 39.2. The lowest BCUT2D eigenvalue weighted by Gasteiger charge is -2.12. The Morgan fingerprint density at radius 1 is 1.12 bits per heavy atom. The lowest BCUT2D eigenvalue weighted by atomic mass is 10.0. The van der Waals surface area contributed by atoms with Crippen LogP contribution in [0.3, 0.4) is 0 Å². The molecule has 128 valence electrons. The molecular formula is C17H17ClFNO3S. The summed E-state index contributed by atoms with van der Waals surface area (Å²) in [4.78, 5) is 0.132. The molecule has 0 heterocycles. The minimum atomic E-state index is -3.71. The van der Waals surface area contributed by atoms with Crippen molar-refractivity contribution in [1.29, 1.82) is 0 Å². The SMILES string of the molecule is NC[C@]1(CO)[C@H](c2ccc(F)cc2)[C@@H]1S(=O)(=O)c1ccc(Cl)cc1. The van der Waals surface area contributed by atoms with Crippen molar-refractivity contribution in [2.24, 2.45) is 11.1 Å². The standard InChI is InChI=1S/C17H17ClFNO3S/c18-12-3-7-14(8-4-12)24(22,23)16-15(17(16,9-20)10-21)11-1-5-13(19)6-2-11/h1-8,15-16,21H,9-10,20H2/t15-,16+,17+/m1/s1. The van der Waals surface area contributed by atoms with Gasteiger partial charge >= 0.3 is 0 Å². The molecule has 0 amide bonds. The van der Waals surface area contributed by atoms with E-state index in [0.29, 0.717) is 10.6 Å². The van der Waals surface area contributed by atoms with Gasteiger partial charge in [-0.15, -0.1) is 0 Å². The van der Waals surface area contributed by atoms with Gasteiger partial charge < -0.3 is 10.8 Å². The van der Waals surface area contributed by atoms with Crippen LogP contribution in [0.15, 0.2) is 53.4 Å². The van der Waals surface area contributed by atoms with Crippen molar-refractivity contribution in [3.05, 3.63) is 64.9 Å². The molecule has 1 saturated carbocycles. The molecule has 3 atom stereocenters. The lowest BCUT2D eigenvalue weighted by molar-refractivity contribution is 0.212. The Labute approximate surface area is 145 Å². The Kier molecular flexibility index (Phi) is 4.42. The van der Waals surface area contributed by atoms with Crippen molar-refractivity contribution in [1.82, 2.24) is 0 Å². The molecule has 0 aliphatic heterocycles. The molecule has 2 aromatic carbocycles. The summed E-state index contributed by atoms with van der Waals surface area (Å²) in [6.45, 7) is -0.341. The molecule has 1 aliphatic rings. The largest absolute Gasteiger partial charge is 0.396 e. The topological polar surface area (TPSA) is 80.4 Å². The van der Waals surface area contributed by atoms with Gasteiger partial charge in [0.25, 0.3) is 0 Å².